The summed E-state index contributed by atoms with van der Waals surface area (Å²) in [4.78, 5) is 15.3. The van der Waals surface area contributed by atoms with Gasteiger partial charge in [-0.15, -0.1) is 0 Å². The van der Waals surface area contributed by atoms with Gasteiger partial charge in [0.2, 0.25) is 0 Å². The van der Waals surface area contributed by atoms with E-state index in [-0.39, 0.29) is 5.82 Å². The van der Waals surface area contributed by atoms with Crippen LogP contribution in [-0.4, -0.2) is 49.8 Å². The van der Waals surface area contributed by atoms with E-state index >= 15 is 0 Å². The fraction of sp³-hybridized carbons (Fsp3) is 0.556. The number of ether oxygens (including phenoxy) is 1. The number of aliphatic hydroxyl groups is 3. The van der Waals surface area contributed by atoms with Crippen molar-refractivity contribution in [3.63, 3.8) is 0 Å². The lowest BCUT2D eigenvalue weighted by molar-refractivity contribution is -0.0549. The van der Waals surface area contributed by atoms with E-state index in [1.165, 1.54) is 12.3 Å². The summed E-state index contributed by atoms with van der Waals surface area (Å²) in [7, 11) is 0. The average molecular weight is 275 g/mol. The van der Waals surface area contributed by atoms with E-state index in [4.69, 9.17) is 9.84 Å². The summed E-state index contributed by atoms with van der Waals surface area (Å²) < 4.78 is 8.65. The number of nitrogens with zero attached hydrogens (tertiary/aromatic N) is 2. The minimum Gasteiger partial charge on any atom is -0.394 e. The highest BCUT2D eigenvalue weighted by molar-refractivity contribution is 7.81. The number of thiol groups is 1. The largest absolute Gasteiger partial charge is 0.394 e. The molecular weight excluding hydrogens is 262 g/mol. The predicted octanol–water partition coefficient (Wildman–Crippen LogP) is -1.89. The third-order valence-corrected chi connectivity index (χ3v) is 2.96. The summed E-state index contributed by atoms with van der Waals surface area (Å²) >= 11 is 3.75. The first kappa shape index (κ1) is 13.3. The topological polar surface area (TPSA) is 117 Å². The minimum atomic E-state index is -1.31. The van der Waals surface area contributed by atoms with Crippen LogP contribution in [0.5, 0.6) is 0 Å². The maximum Gasteiger partial charge on any atom is 0.351 e. The van der Waals surface area contributed by atoms with Crippen molar-refractivity contribution < 1.29 is 20.1 Å². The molecule has 0 bridgehead atoms. The Bertz CT molecular complexity index is 482. The van der Waals surface area contributed by atoms with E-state index in [0.29, 0.717) is 0 Å². The molecule has 0 amide bonds. The van der Waals surface area contributed by atoms with Gasteiger partial charge in [0.25, 0.3) is 0 Å². The maximum absolute atomic E-state index is 11.7. The molecule has 0 radical (unpaired) electrons. The highest BCUT2D eigenvalue weighted by Gasteiger charge is 2.43. The van der Waals surface area contributed by atoms with E-state index in [1.54, 1.807) is 0 Å². The first-order chi connectivity index (χ1) is 8.58. The van der Waals surface area contributed by atoms with Gasteiger partial charge in [0.15, 0.2) is 6.23 Å². The van der Waals surface area contributed by atoms with Crippen LogP contribution < -0.4 is 10.4 Å². The molecule has 8 nitrogen and oxygen atoms in total. The zero-order valence-corrected chi connectivity index (χ0v) is 10.1. The second kappa shape index (κ2) is 5.24. The molecule has 9 heteroatoms. The summed E-state index contributed by atoms with van der Waals surface area (Å²) in [5.74, 6) is 0.256. The Kier molecular flexibility index (Phi) is 3.88. The van der Waals surface area contributed by atoms with Gasteiger partial charge in [-0.1, -0.05) is 12.8 Å². The van der Waals surface area contributed by atoms with Gasteiger partial charge < -0.3 is 24.8 Å². The zero-order valence-electron chi connectivity index (χ0n) is 9.17. The average Bonchev–Trinajstić information content (AvgIpc) is 2.66. The van der Waals surface area contributed by atoms with Crippen LogP contribution in [0.4, 0.5) is 5.82 Å². The number of rotatable bonds is 3. The van der Waals surface area contributed by atoms with E-state index < -0.39 is 36.8 Å². The van der Waals surface area contributed by atoms with Gasteiger partial charge in [-0.25, -0.2) is 4.79 Å². The molecule has 1 aliphatic heterocycles. The van der Waals surface area contributed by atoms with Crippen LogP contribution in [0, 0.1) is 0 Å². The quantitative estimate of drug-likeness (QED) is 0.409. The van der Waals surface area contributed by atoms with Crippen molar-refractivity contribution in [3.8, 4) is 0 Å². The number of aromatic nitrogens is 2. The van der Waals surface area contributed by atoms with Gasteiger partial charge in [0.1, 0.15) is 24.1 Å². The molecule has 1 aromatic rings. The van der Waals surface area contributed by atoms with Gasteiger partial charge in [0, 0.05) is 6.20 Å². The van der Waals surface area contributed by atoms with Crippen molar-refractivity contribution in [1.82, 2.24) is 9.55 Å². The van der Waals surface area contributed by atoms with Crippen LogP contribution in [0.2, 0.25) is 0 Å². The molecule has 0 unspecified atom stereocenters. The van der Waals surface area contributed by atoms with Crippen LogP contribution in [0.1, 0.15) is 6.23 Å². The minimum absolute atomic E-state index is 0.256. The first-order valence-electron chi connectivity index (χ1n) is 5.20. The Balaban J connectivity index is 2.30. The van der Waals surface area contributed by atoms with Crippen molar-refractivity contribution >= 4 is 18.6 Å². The Morgan fingerprint density at radius 2 is 2.22 bits per heavy atom. The lowest BCUT2D eigenvalue weighted by Crippen LogP contribution is -2.35. The highest BCUT2D eigenvalue weighted by atomic mass is 32.1. The fourth-order valence-corrected chi connectivity index (χ4v) is 1.90. The monoisotopic (exact) mass is 275 g/mol. The molecule has 18 heavy (non-hydrogen) atoms. The van der Waals surface area contributed by atoms with Crippen LogP contribution in [0.15, 0.2) is 17.1 Å². The second-order valence-electron chi connectivity index (χ2n) is 3.84. The Morgan fingerprint density at radius 3 is 2.72 bits per heavy atom. The Morgan fingerprint density at radius 1 is 1.50 bits per heavy atom. The van der Waals surface area contributed by atoms with Crippen molar-refractivity contribution in [2.75, 3.05) is 11.3 Å². The molecule has 1 aliphatic rings. The molecule has 1 aromatic heterocycles. The normalized spacial score (nSPS) is 31.6. The number of anilines is 1. The lowest BCUT2D eigenvalue weighted by atomic mass is 10.1. The van der Waals surface area contributed by atoms with Crippen LogP contribution >= 0.6 is 12.8 Å². The molecule has 0 saturated carbocycles. The molecule has 4 N–H and O–H groups in total. The standard InChI is InChI=1S/C9H13N3O5S/c13-3-4-6(14)7(15)8(17-4)12-2-1-5(11-18)10-9(12)16/h1-2,4,6-8,13-15,18H,3H2,(H,10,11,16)/t4-,6-,7-,8-/m1/s1. The molecule has 2 rings (SSSR count). The van der Waals surface area contributed by atoms with E-state index in [0.717, 1.165) is 4.57 Å². The zero-order chi connectivity index (χ0) is 13.3. The van der Waals surface area contributed by atoms with Gasteiger partial charge in [-0.3, -0.25) is 4.57 Å². The summed E-state index contributed by atoms with van der Waals surface area (Å²) in [6, 6.07) is 1.46. The second-order valence-corrected chi connectivity index (χ2v) is 4.07. The molecule has 100 valence electrons. The van der Waals surface area contributed by atoms with E-state index in [9.17, 15) is 15.0 Å². The van der Waals surface area contributed by atoms with Gasteiger partial charge in [-0.2, -0.15) is 4.98 Å². The molecular formula is C9H13N3O5S. The van der Waals surface area contributed by atoms with Crippen molar-refractivity contribution in [3.05, 3.63) is 22.7 Å². The van der Waals surface area contributed by atoms with E-state index in [2.05, 4.69) is 22.5 Å². The molecule has 0 spiro atoms. The number of hydrogen-bond donors (Lipinski definition) is 5. The summed E-state index contributed by atoms with van der Waals surface area (Å²) in [5, 5.41) is 28.3. The fourth-order valence-electron chi connectivity index (χ4n) is 1.78. The Labute approximate surface area is 107 Å². The lowest BCUT2D eigenvalue weighted by Gasteiger charge is -2.17. The number of hydrogen-bond acceptors (Lipinski definition) is 8. The summed E-state index contributed by atoms with van der Waals surface area (Å²) in [5.41, 5.74) is -0.663. The summed E-state index contributed by atoms with van der Waals surface area (Å²) in [6.45, 7) is -0.451. The third kappa shape index (κ3) is 2.22. The number of nitrogens with one attached hydrogen (secondary N) is 1. The molecule has 0 aliphatic carbocycles. The SMILES string of the molecule is O=c1nc(NS)ccn1[C@@H]1O[C@H](CO)[C@@H](O)[C@H]1O. The van der Waals surface area contributed by atoms with E-state index in [1.807, 2.05) is 0 Å². The molecule has 1 saturated heterocycles. The van der Waals surface area contributed by atoms with Crippen molar-refractivity contribution in [1.29, 1.82) is 0 Å². The first-order valence-corrected chi connectivity index (χ1v) is 5.65. The van der Waals surface area contributed by atoms with Crippen molar-refractivity contribution in [2.45, 2.75) is 24.5 Å². The molecule has 1 fully saturated rings. The Hall–Kier alpha value is -1.13. The number of aliphatic hydroxyl groups excluding tert-OH is 3. The molecule has 2 heterocycles. The van der Waals surface area contributed by atoms with Gasteiger partial charge in [-0.05, 0) is 6.07 Å². The van der Waals surface area contributed by atoms with Crippen molar-refractivity contribution in [2.24, 2.45) is 0 Å². The highest BCUT2D eigenvalue weighted by Crippen LogP contribution is 2.28. The smallest absolute Gasteiger partial charge is 0.351 e. The third-order valence-electron chi connectivity index (χ3n) is 2.74. The summed E-state index contributed by atoms with van der Waals surface area (Å²) in [6.07, 6.45) is -3.22. The predicted molar refractivity (Wildman–Crippen MR) is 64.1 cm³/mol. The molecule has 0 aromatic carbocycles. The van der Waals surface area contributed by atoms with Crippen LogP contribution in [0.3, 0.4) is 0 Å². The van der Waals surface area contributed by atoms with Gasteiger partial charge in [0.05, 0.1) is 6.61 Å². The maximum atomic E-state index is 11.7. The van der Waals surface area contributed by atoms with Crippen LogP contribution in [-0.2, 0) is 4.74 Å². The molecule has 4 atom stereocenters. The van der Waals surface area contributed by atoms with Gasteiger partial charge >= 0.3 is 5.69 Å². The van der Waals surface area contributed by atoms with Crippen LogP contribution in [0.25, 0.3) is 0 Å².